The van der Waals surface area contributed by atoms with E-state index in [4.69, 9.17) is 4.99 Å². The fraction of sp³-hybridized carbons (Fsp3) is 0.474. The van der Waals surface area contributed by atoms with Crippen molar-refractivity contribution in [1.29, 1.82) is 0 Å². The Morgan fingerprint density at radius 1 is 1.24 bits per heavy atom. The largest absolute Gasteiger partial charge is 0.326 e. The number of hydrazine groups is 1. The maximum absolute atomic E-state index is 11.4. The van der Waals surface area contributed by atoms with Crippen molar-refractivity contribution >= 4 is 34.2 Å². The quantitative estimate of drug-likeness (QED) is 0.758. The van der Waals surface area contributed by atoms with Gasteiger partial charge in [0.05, 0.1) is 11.7 Å². The number of amides is 1. The van der Waals surface area contributed by atoms with Crippen molar-refractivity contribution in [3.8, 4) is 0 Å². The van der Waals surface area contributed by atoms with Crippen LogP contribution in [-0.2, 0) is 4.79 Å². The highest BCUT2D eigenvalue weighted by Gasteiger charge is 2.22. The number of rotatable bonds is 4. The van der Waals surface area contributed by atoms with Crippen LogP contribution in [0, 0.1) is 5.92 Å². The second kappa shape index (κ2) is 8.43. The lowest BCUT2D eigenvalue weighted by molar-refractivity contribution is -0.115. The fourth-order valence-corrected chi connectivity index (χ4v) is 3.85. The Kier molecular flexibility index (Phi) is 6.02. The van der Waals surface area contributed by atoms with Crippen LogP contribution in [0.25, 0.3) is 5.70 Å². The van der Waals surface area contributed by atoms with Gasteiger partial charge in [0.25, 0.3) is 0 Å². The molecule has 0 radical (unpaired) electrons. The lowest BCUT2D eigenvalue weighted by atomic mass is 9.86. The number of carbonyl (C=O) groups is 1. The van der Waals surface area contributed by atoms with E-state index >= 15 is 0 Å². The molecule has 3 rings (SSSR count). The van der Waals surface area contributed by atoms with E-state index in [1.807, 2.05) is 31.2 Å². The van der Waals surface area contributed by atoms with Gasteiger partial charge in [0, 0.05) is 23.1 Å². The second-order valence-electron chi connectivity index (χ2n) is 6.64. The number of hydrogen-bond acceptors (Lipinski definition) is 4. The zero-order chi connectivity index (χ0) is 17.6. The number of thioether (sulfide) groups is 1. The number of hydrogen-bond donors (Lipinski definition) is 3. The molecule has 5 nitrogen and oxygen atoms in total. The van der Waals surface area contributed by atoms with Crippen LogP contribution < -0.4 is 16.2 Å². The SMILES string of the molecule is CCC(=O)Nc1ccc(C2=CSC(=N[C@@H]3CCCC[C@H]3C)NN2)cc1. The lowest BCUT2D eigenvalue weighted by Gasteiger charge is -2.27. The summed E-state index contributed by atoms with van der Waals surface area (Å²) in [6, 6.07) is 8.27. The molecule has 2 atom stereocenters. The highest BCUT2D eigenvalue weighted by molar-refractivity contribution is 8.16. The van der Waals surface area contributed by atoms with Crippen LogP contribution in [0.5, 0.6) is 0 Å². The molecule has 1 fully saturated rings. The van der Waals surface area contributed by atoms with Crippen LogP contribution >= 0.6 is 11.8 Å². The number of nitrogens with zero attached hydrogens (tertiary/aromatic N) is 1. The van der Waals surface area contributed by atoms with Crippen LogP contribution in [0.2, 0.25) is 0 Å². The normalized spacial score (nSPS) is 24.9. The van der Waals surface area contributed by atoms with Gasteiger partial charge in [0.1, 0.15) is 0 Å². The first-order chi connectivity index (χ1) is 12.2. The molecule has 0 bridgehead atoms. The van der Waals surface area contributed by atoms with Gasteiger partial charge >= 0.3 is 0 Å². The maximum Gasteiger partial charge on any atom is 0.224 e. The van der Waals surface area contributed by atoms with Crippen molar-refractivity contribution in [2.45, 2.75) is 52.0 Å². The van der Waals surface area contributed by atoms with Crippen LogP contribution in [0.4, 0.5) is 5.69 Å². The van der Waals surface area contributed by atoms with Crippen molar-refractivity contribution in [2.24, 2.45) is 10.9 Å². The molecule has 0 unspecified atom stereocenters. The topological polar surface area (TPSA) is 65.5 Å². The molecule has 1 aromatic rings. The third kappa shape index (κ3) is 4.78. The molecule has 134 valence electrons. The van der Waals surface area contributed by atoms with Crippen LogP contribution in [0.15, 0.2) is 34.7 Å². The molecule has 2 aliphatic rings. The van der Waals surface area contributed by atoms with E-state index in [1.165, 1.54) is 25.7 Å². The number of amidine groups is 1. The Balaban J connectivity index is 1.61. The minimum atomic E-state index is 0.0257. The predicted molar refractivity (Wildman–Crippen MR) is 106 cm³/mol. The van der Waals surface area contributed by atoms with Crippen molar-refractivity contribution in [1.82, 2.24) is 10.9 Å². The Labute approximate surface area is 153 Å². The molecule has 1 aromatic carbocycles. The van der Waals surface area contributed by atoms with E-state index in [2.05, 4.69) is 28.5 Å². The van der Waals surface area contributed by atoms with Gasteiger partial charge in [-0.25, -0.2) is 0 Å². The third-order valence-electron chi connectivity index (χ3n) is 4.74. The van der Waals surface area contributed by atoms with Gasteiger partial charge in [-0.05, 0) is 30.9 Å². The number of carbonyl (C=O) groups excluding carboxylic acids is 1. The van der Waals surface area contributed by atoms with Gasteiger partial charge in [-0.15, -0.1) is 0 Å². The molecule has 1 aliphatic heterocycles. The van der Waals surface area contributed by atoms with E-state index in [-0.39, 0.29) is 5.91 Å². The summed E-state index contributed by atoms with van der Waals surface area (Å²) in [6.45, 7) is 4.14. The van der Waals surface area contributed by atoms with Crippen molar-refractivity contribution in [3.05, 3.63) is 35.2 Å². The summed E-state index contributed by atoms with van der Waals surface area (Å²) in [4.78, 5) is 16.3. The summed E-state index contributed by atoms with van der Waals surface area (Å²) < 4.78 is 0. The number of nitrogens with one attached hydrogen (secondary N) is 3. The summed E-state index contributed by atoms with van der Waals surface area (Å²) >= 11 is 1.62. The van der Waals surface area contributed by atoms with Gasteiger partial charge in [0.15, 0.2) is 5.17 Å². The first-order valence-electron chi connectivity index (χ1n) is 9.02. The standard InChI is InChI=1S/C19H26N4OS/c1-3-18(24)20-15-10-8-14(9-11-15)17-12-25-19(23-22-17)21-16-7-5-4-6-13(16)2/h8-13,16,22H,3-7H2,1-2H3,(H,20,24)(H,21,23)/t13-,16-/m1/s1. The summed E-state index contributed by atoms with van der Waals surface area (Å²) in [7, 11) is 0. The van der Waals surface area contributed by atoms with Gasteiger partial charge < -0.3 is 5.32 Å². The molecule has 1 aliphatic carbocycles. The van der Waals surface area contributed by atoms with Gasteiger partial charge in [0.2, 0.25) is 5.91 Å². The first kappa shape index (κ1) is 17.9. The first-order valence-corrected chi connectivity index (χ1v) is 9.90. The van der Waals surface area contributed by atoms with Crippen molar-refractivity contribution in [2.75, 3.05) is 5.32 Å². The van der Waals surface area contributed by atoms with Crippen molar-refractivity contribution in [3.63, 3.8) is 0 Å². The zero-order valence-electron chi connectivity index (χ0n) is 14.8. The zero-order valence-corrected chi connectivity index (χ0v) is 15.7. The third-order valence-corrected chi connectivity index (χ3v) is 5.53. The van der Waals surface area contributed by atoms with Crippen LogP contribution in [0.1, 0.15) is 51.5 Å². The van der Waals surface area contributed by atoms with Crippen LogP contribution in [-0.4, -0.2) is 17.1 Å². The Hall–Kier alpha value is -1.95. The minimum Gasteiger partial charge on any atom is -0.326 e. The molecule has 0 aromatic heterocycles. The molecule has 0 spiro atoms. The highest BCUT2D eigenvalue weighted by Crippen LogP contribution is 2.28. The molecule has 3 N–H and O–H groups in total. The Morgan fingerprint density at radius 3 is 2.64 bits per heavy atom. The monoisotopic (exact) mass is 358 g/mol. The van der Waals surface area contributed by atoms with E-state index in [1.54, 1.807) is 11.8 Å². The average Bonchev–Trinajstić information content (AvgIpc) is 2.65. The molecular weight excluding hydrogens is 332 g/mol. The molecule has 0 saturated heterocycles. The van der Waals surface area contributed by atoms with Crippen LogP contribution in [0.3, 0.4) is 0 Å². The summed E-state index contributed by atoms with van der Waals surface area (Å²) in [6.07, 6.45) is 5.57. The summed E-state index contributed by atoms with van der Waals surface area (Å²) in [5.41, 5.74) is 9.35. The average molecular weight is 359 g/mol. The number of benzene rings is 1. The lowest BCUT2D eigenvalue weighted by Crippen LogP contribution is -2.38. The van der Waals surface area contributed by atoms with E-state index in [0.29, 0.717) is 18.4 Å². The van der Waals surface area contributed by atoms with Gasteiger partial charge in [-0.3, -0.25) is 20.6 Å². The molecular formula is C19H26N4OS. The van der Waals surface area contributed by atoms with Gasteiger partial charge in [-0.2, -0.15) is 0 Å². The summed E-state index contributed by atoms with van der Waals surface area (Å²) in [5, 5.41) is 5.88. The number of anilines is 1. The predicted octanol–water partition coefficient (Wildman–Crippen LogP) is 4.11. The minimum absolute atomic E-state index is 0.0257. The fourth-order valence-electron chi connectivity index (χ4n) is 3.12. The van der Waals surface area contributed by atoms with Crippen molar-refractivity contribution < 1.29 is 4.79 Å². The maximum atomic E-state index is 11.4. The van der Waals surface area contributed by atoms with Gasteiger partial charge in [-0.1, -0.05) is 50.6 Å². The molecule has 1 amide bonds. The van der Waals surface area contributed by atoms with E-state index in [9.17, 15) is 4.79 Å². The Morgan fingerprint density at radius 2 is 2.00 bits per heavy atom. The molecule has 1 saturated carbocycles. The second-order valence-corrected chi connectivity index (χ2v) is 7.50. The summed E-state index contributed by atoms with van der Waals surface area (Å²) in [5.74, 6) is 0.692. The smallest absolute Gasteiger partial charge is 0.224 e. The van der Waals surface area contributed by atoms with E-state index < -0.39 is 0 Å². The number of aliphatic imine (C=N–C) groups is 1. The highest BCUT2D eigenvalue weighted by atomic mass is 32.2. The van der Waals surface area contributed by atoms with E-state index in [0.717, 1.165) is 22.1 Å². The molecule has 1 heterocycles. The molecule has 6 heteroatoms. The molecule has 25 heavy (non-hydrogen) atoms. The Bertz CT molecular complexity index is 669.